The molecule has 1 aliphatic rings. The van der Waals surface area contributed by atoms with Crippen LogP contribution in [-0.4, -0.2) is 40.4 Å². The summed E-state index contributed by atoms with van der Waals surface area (Å²) in [5, 5.41) is 3.05. The fourth-order valence-corrected chi connectivity index (χ4v) is 3.39. The van der Waals surface area contributed by atoms with E-state index in [4.69, 9.17) is 0 Å². The minimum Gasteiger partial charge on any atom is -0.352 e. The second-order valence-electron chi connectivity index (χ2n) is 6.94. The van der Waals surface area contributed by atoms with Crippen LogP contribution in [0.15, 0.2) is 30.5 Å². The van der Waals surface area contributed by atoms with Gasteiger partial charge in [0.25, 0.3) is 5.91 Å². The van der Waals surface area contributed by atoms with Gasteiger partial charge in [0.15, 0.2) is 0 Å². The molecule has 1 aromatic heterocycles. The molecule has 1 aliphatic heterocycles. The first kappa shape index (κ1) is 17.5. The molecule has 1 amide bonds. The lowest BCUT2D eigenvalue weighted by atomic mass is 10.1. The Hall–Kier alpha value is -2.27. The number of carbonyl (C=O) groups excluding carboxylic acids is 1. The second kappa shape index (κ2) is 7.74. The van der Waals surface area contributed by atoms with Crippen LogP contribution >= 0.6 is 0 Å². The number of rotatable bonds is 5. The highest BCUT2D eigenvalue weighted by Gasteiger charge is 2.23. The zero-order valence-corrected chi connectivity index (χ0v) is 15.2. The molecule has 3 rings (SSSR count). The number of carbonyl (C=O) groups is 1. The van der Waals surface area contributed by atoms with Gasteiger partial charge in [-0.25, -0.2) is 9.97 Å². The molecule has 2 aromatic rings. The van der Waals surface area contributed by atoms with Crippen molar-refractivity contribution in [3.8, 4) is 0 Å². The summed E-state index contributed by atoms with van der Waals surface area (Å²) < 4.78 is 0. The lowest BCUT2D eigenvalue weighted by Gasteiger charge is -2.17. The highest BCUT2D eigenvalue weighted by atomic mass is 16.1. The van der Waals surface area contributed by atoms with Crippen LogP contribution in [0.1, 0.15) is 39.4 Å². The summed E-state index contributed by atoms with van der Waals surface area (Å²) in [6.45, 7) is 9.65. The molecule has 0 bridgehead atoms. The smallest absolute Gasteiger partial charge is 0.254 e. The summed E-state index contributed by atoms with van der Waals surface area (Å²) >= 11 is 0. The first-order chi connectivity index (χ1) is 12.0. The third-order valence-electron chi connectivity index (χ3n) is 4.92. The van der Waals surface area contributed by atoms with Crippen LogP contribution in [0.2, 0.25) is 0 Å². The van der Waals surface area contributed by atoms with E-state index in [-0.39, 0.29) is 5.91 Å². The molecular formula is C20H26N4O. The molecule has 5 heteroatoms. The molecule has 1 fully saturated rings. The zero-order chi connectivity index (χ0) is 17.8. The third-order valence-corrected chi connectivity index (χ3v) is 4.92. The fraction of sp³-hybridized carbons (Fsp3) is 0.450. The quantitative estimate of drug-likeness (QED) is 0.910. The molecule has 0 radical (unpaired) electrons. The molecule has 2 heterocycles. The number of likely N-dealkylation sites (tertiary alicyclic amines) is 1. The van der Waals surface area contributed by atoms with Crippen molar-refractivity contribution in [3.63, 3.8) is 0 Å². The van der Waals surface area contributed by atoms with E-state index in [9.17, 15) is 4.79 Å². The van der Waals surface area contributed by atoms with Crippen LogP contribution < -0.4 is 5.32 Å². The normalized spacial score (nSPS) is 17.6. The van der Waals surface area contributed by atoms with Crippen LogP contribution in [0, 0.1) is 26.7 Å². The Morgan fingerprint density at radius 1 is 1.28 bits per heavy atom. The van der Waals surface area contributed by atoms with Gasteiger partial charge in [-0.15, -0.1) is 0 Å². The van der Waals surface area contributed by atoms with E-state index in [1.54, 1.807) is 6.20 Å². The lowest BCUT2D eigenvalue weighted by Crippen LogP contribution is -2.31. The summed E-state index contributed by atoms with van der Waals surface area (Å²) in [5.41, 5.74) is 4.03. The third kappa shape index (κ3) is 4.42. The minimum atomic E-state index is -0.0742. The summed E-state index contributed by atoms with van der Waals surface area (Å²) in [5.74, 6) is 1.12. The van der Waals surface area contributed by atoms with E-state index >= 15 is 0 Å². The van der Waals surface area contributed by atoms with Gasteiger partial charge < -0.3 is 5.32 Å². The topological polar surface area (TPSA) is 58.1 Å². The Morgan fingerprint density at radius 3 is 2.84 bits per heavy atom. The van der Waals surface area contributed by atoms with Gasteiger partial charge in [-0.2, -0.15) is 0 Å². The van der Waals surface area contributed by atoms with Crippen molar-refractivity contribution in [1.82, 2.24) is 20.2 Å². The Bertz CT molecular complexity index is 759. The van der Waals surface area contributed by atoms with Gasteiger partial charge >= 0.3 is 0 Å². The van der Waals surface area contributed by atoms with E-state index in [1.807, 2.05) is 13.8 Å². The summed E-state index contributed by atoms with van der Waals surface area (Å²) in [7, 11) is 0. The molecule has 5 nitrogen and oxygen atoms in total. The summed E-state index contributed by atoms with van der Waals surface area (Å²) in [4.78, 5) is 23.2. The van der Waals surface area contributed by atoms with Crippen molar-refractivity contribution in [2.45, 2.75) is 33.7 Å². The number of hydrogen-bond acceptors (Lipinski definition) is 4. The number of nitrogens with one attached hydrogen (secondary N) is 1. The van der Waals surface area contributed by atoms with Gasteiger partial charge in [0, 0.05) is 25.8 Å². The van der Waals surface area contributed by atoms with Gasteiger partial charge in [0.05, 0.1) is 11.3 Å². The van der Waals surface area contributed by atoms with Crippen LogP contribution in [0.3, 0.4) is 0 Å². The first-order valence-corrected chi connectivity index (χ1v) is 8.88. The number of amides is 1. The first-order valence-electron chi connectivity index (χ1n) is 8.88. The maximum absolute atomic E-state index is 12.3. The molecule has 1 saturated heterocycles. The number of aryl methyl sites for hydroxylation is 3. The highest BCUT2D eigenvalue weighted by Crippen LogP contribution is 2.19. The summed E-state index contributed by atoms with van der Waals surface area (Å²) in [6.07, 6.45) is 2.74. The van der Waals surface area contributed by atoms with Crippen LogP contribution in [0.25, 0.3) is 0 Å². The van der Waals surface area contributed by atoms with Crippen molar-refractivity contribution < 1.29 is 4.79 Å². The van der Waals surface area contributed by atoms with E-state index < -0.39 is 0 Å². The Labute approximate surface area is 149 Å². The molecule has 1 N–H and O–H groups in total. The van der Waals surface area contributed by atoms with Crippen molar-refractivity contribution in [1.29, 1.82) is 0 Å². The van der Waals surface area contributed by atoms with Crippen LogP contribution in [0.5, 0.6) is 0 Å². The number of benzene rings is 1. The molecule has 1 atom stereocenters. The average molecular weight is 338 g/mol. The maximum atomic E-state index is 12.3. The molecule has 1 aromatic carbocycles. The SMILES string of the molecule is Cc1ncc(C(=O)NC[C@@H]2CCN(Cc3ccccc3C)C2)c(C)n1. The summed E-state index contributed by atoms with van der Waals surface area (Å²) in [6, 6.07) is 8.54. The van der Waals surface area contributed by atoms with Crippen molar-refractivity contribution in [3.05, 3.63) is 58.7 Å². The molecule has 0 unspecified atom stereocenters. The van der Waals surface area contributed by atoms with E-state index in [0.717, 1.165) is 31.7 Å². The Kier molecular flexibility index (Phi) is 5.43. The van der Waals surface area contributed by atoms with Gasteiger partial charge in [-0.1, -0.05) is 24.3 Å². The van der Waals surface area contributed by atoms with Crippen LogP contribution in [0.4, 0.5) is 0 Å². The Balaban J connectivity index is 1.50. The number of aromatic nitrogens is 2. The maximum Gasteiger partial charge on any atom is 0.254 e. The molecule has 132 valence electrons. The second-order valence-corrected chi connectivity index (χ2v) is 6.94. The van der Waals surface area contributed by atoms with E-state index in [1.165, 1.54) is 11.1 Å². The van der Waals surface area contributed by atoms with Gasteiger partial charge in [-0.3, -0.25) is 9.69 Å². The zero-order valence-electron chi connectivity index (χ0n) is 15.2. The number of hydrogen-bond donors (Lipinski definition) is 1. The van der Waals surface area contributed by atoms with E-state index in [0.29, 0.717) is 23.9 Å². The van der Waals surface area contributed by atoms with Crippen LogP contribution in [-0.2, 0) is 6.54 Å². The fourth-order valence-electron chi connectivity index (χ4n) is 3.39. The van der Waals surface area contributed by atoms with E-state index in [2.05, 4.69) is 51.4 Å². The molecule has 0 aliphatic carbocycles. The molecule has 25 heavy (non-hydrogen) atoms. The largest absolute Gasteiger partial charge is 0.352 e. The Morgan fingerprint density at radius 2 is 2.08 bits per heavy atom. The lowest BCUT2D eigenvalue weighted by molar-refractivity contribution is 0.0946. The molecule has 0 saturated carbocycles. The van der Waals surface area contributed by atoms with Gasteiger partial charge in [-0.05, 0) is 50.8 Å². The monoisotopic (exact) mass is 338 g/mol. The van der Waals surface area contributed by atoms with Gasteiger partial charge in [0.2, 0.25) is 0 Å². The number of nitrogens with zero attached hydrogens (tertiary/aromatic N) is 3. The van der Waals surface area contributed by atoms with Crippen molar-refractivity contribution >= 4 is 5.91 Å². The molecular weight excluding hydrogens is 312 g/mol. The standard InChI is InChI=1S/C20H26N4O/c1-14-6-4-5-7-18(14)13-24-9-8-17(12-24)10-22-20(25)19-11-21-16(3)23-15(19)2/h4-7,11,17H,8-10,12-13H2,1-3H3,(H,22,25)/t17-/m0/s1. The van der Waals surface area contributed by atoms with Gasteiger partial charge in [0.1, 0.15) is 5.82 Å². The predicted octanol–water partition coefficient (Wildman–Crippen LogP) is 2.65. The minimum absolute atomic E-state index is 0.0742. The average Bonchev–Trinajstić information content (AvgIpc) is 3.02. The van der Waals surface area contributed by atoms with Crippen molar-refractivity contribution in [2.75, 3.05) is 19.6 Å². The predicted molar refractivity (Wildman–Crippen MR) is 98.4 cm³/mol. The molecule has 0 spiro atoms. The highest BCUT2D eigenvalue weighted by molar-refractivity contribution is 5.94. The van der Waals surface area contributed by atoms with Crippen molar-refractivity contribution in [2.24, 2.45) is 5.92 Å².